The summed E-state index contributed by atoms with van der Waals surface area (Å²) in [6, 6.07) is 5.67. The third-order valence-electron chi connectivity index (χ3n) is 2.55. The van der Waals surface area contributed by atoms with Crippen LogP contribution in [0.3, 0.4) is 0 Å². The number of benzene rings is 1. The molecule has 3 amide bonds. The second-order valence-corrected chi connectivity index (χ2v) is 4.44. The number of urea groups is 1. The highest BCUT2D eigenvalue weighted by Gasteiger charge is 2.11. The minimum Gasteiger partial charge on any atom is -0.482 e. The fourth-order valence-electron chi connectivity index (χ4n) is 1.50. The zero-order valence-electron chi connectivity index (χ0n) is 12.9. The van der Waals surface area contributed by atoms with Crippen LogP contribution in [0.5, 0.6) is 5.75 Å². The SMILES string of the molecule is CCNC(=O)NC(=O)COC(=O)COc1cccc(C(C)=O)c1. The molecule has 8 nitrogen and oxygen atoms in total. The lowest BCUT2D eigenvalue weighted by Crippen LogP contribution is -2.41. The van der Waals surface area contributed by atoms with Crippen molar-refractivity contribution < 1.29 is 28.7 Å². The molecule has 2 N–H and O–H groups in total. The van der Waals surface area contributed by atoms with Gasteiger partial charge in [-0.25, -0.2) is 9.59 Å². The second kappa shape index (κ2) is 9.19. The molecule has 0 aromatic heterocycles. The molecule has 0 bridgehead atoms. The Morgan fingerprint density at radius 2 is 1.87 bits per heavy atom. The average Bonchev–Trinajstić information content (AvgIpc) is 2.51. The number of imide groups is 1. The third kappa shape index (κ3) is 7.07. The Morgan fingerprint density at radius 3 is 2.52 bits per heavy atom. The van der Waals surface area contributed by atoms with Crippen LogP contribution in [0, 0.1) is 0 Å². The maximum absolute atomic E-state index is 11.5. The quantitative estimate of drug-likeness (QED) is 0.563. The molecule has 0 spiro atoms. The summed E-state index contributed by atoms with van der Waals surface area (Å²) in [4.78, 5) is 45.0. The van der Waals surface area contributed by atoms with Crippen molar-refractivity contribution in [2.45, 2.75) is 13.8 Å². The smallest absolute Gasteiger partial charge is 0.344 e. The highest BCUT2D eigenvalue weighted by atomic mass is 16.6. The van der Waals surface area contributed by atoms with E-state index in [0.717, 1.165) is 0 Å². The van der Waals surface area contributed by atoms with Gasteiger partial charge in [0.15, 0.2) is 19.0 Å². The Hall–Kier alpha value is -2.90. The molecule has 0 saturated heterocycles. The first-order valence-corrected chi connectivity index (χ1v) is 6.89. The van der Waals surface area contributed by atoms with Crippen molar-refractivity contribution in [3.05, 3.63) is 29.8 Å². The molecule has 1 rings (SSSR count). The van der Waals surface area contributed by atoms with Crippen LogP contribution >= 0.6 is 0 Å². The van der Waals surface area contributed by atoms with Crippen LogP contribution < -0.4 is 15.4 Å². The Bertz CT molecular complexity index is 599. The van der Waals surface area contributed by atoms with E-state index in [1.165, 1.54) is 13.0 Å². The molecule has 0 atom stereocenters. The number of ether oxygens (including phenoxy) is 2. The van der Waals surface area contributed by atoms with E-state index in [0.29, 0.717) is 17.9 Å². The molecule has 0 unspecified atom stereocenters. The monoisotopic (exact) mass is 322 g/mol. The zero-order chi connectivity index (χ0) is 17.2. The minimum absolute atomic E-state index is 0.125. The van der Waals surface area contributed by atoms with Gasteiger partial charge < -0.3 is 14.8 Å². The summed E-state index contributed by atoms with van der Waals surface area (Å²) in [6.07, 6.45) is 0. The van der Waals surface area contributed by atoms with Crippen LogP contribution in [0.4, 0.5) is 4.79 Å². The maximum Gasteiger partial charge on any atom is 0.344 e. The predicted octanol–water partition coefficient (Wildman–Crippen LogP) is 0.657. The minimum atomic E-state index is -0.774. The number of nitrogens with one attached hydrogen (secondary N) is 2. The fourth-order valence-corrected chi connectivity index (χ4v) is 1.50. The van der Waals surface area contributed by atoms with Gasteiger partial charge >= 0.3 is 12.0 Å². The van der Waals surface area contributed by atoms with E-state index in [2.05, 4.69) is 10.1 Å². The zero-order valence-corrected chi connectivity index (χ0v) is 12.9. The van der Waals surface area contributed by atoms with Gasteiger partial charge in [0.2, 0.25) is 0 Å². The number of hydrogen-bond donors (Lipinski definition) is 2. The van der Waals surface area contributed by atoms with Gasteiger partial charge in [-0.1, -0.05) is 12.1 Å². The number of hydrogen-bond acceptors (Lipinski definition) is 6. The van der Waals surface area contributed by atoms with E-state index in [1.54, 1.807) is 25.1 Å². The summed E-state index contributed by atoms with van der Waals surface area (Å²) in [6.45, 7) is 2.47. The number of Topliss-reactive ketones (excluding diaryl/α,β-unsaturated/α-hetero) is 1. The molecule has 0 heterocycles. The van der Waals surface area contributed by atoms with Crippen LogP contribution in [0.15, 0.2) is 24.3 Å². The van der Waals surface area contributed by atoms with Gasteiger partial charge in [-0.2, -0.15) is 0 Å². The van der Waals surface area contributed by atoms with Crippen LogP contribution in [-0.2, 0) is 14.3 Å². The molecule has 0 saturated carbocycles. The van der Waals surface area contributed by atoms with Gasteiger partial charge in [-0.15, -0.1) is 0 Å². The summed E-state index contributed by atoms with van der Waals surface area (Å²) in [7, 11) is 0. The largest absolute Gasteiger partial charge is 0.482 e. The lowest BCUT2D eigenvalue weighted by Gasteiger charge is -2.08. The molecule has 0 aliphatic carbocycles. The Labute approximate surface area is 133 Å². The number of ketones is 1. The third-order valence-corrected chi connectivity index (χ3v) is 2.55. The van der Waals surface area contributed by atoms with Crippen LogP contribution in [0.25, 0.3) is 0 Å². The van der Waals surface area contributed by atoms with Crippen molar-refractivity contribution in [2.75, 3.05) is 19.8 Å². The molecule has 8 heteroatoms. The van der Waals surface area contributed by atoms with Crippen molar-refractivity contribution >= 4 is 23.7 Å². The first-order valence-electron chi connectivity index (χ1n) is 6.89. The highest BCUT2D eigenvalue weighted by Crippen LogP contribution is 2.13. The maximum atomic E-state index is 11.5. The van der Waals surface area contributed by atoms with E-state index in [-0.39, 0.29) is 5.78 Å². The topological polar surface area (TPSA) is 111 Å². The number of amides is 3. The molecule has 1 aromatic carbocycles. The highest BCUT2D eigenvalue weighted by molar-refractivity contribution is 5.95. The summed E-state index contributed by atoms with van der Waals surface area (Å²) >= 11 is 0. The van der Waals surface area contributed by atoms with Crippen molar-refractivity contribution in [1.82, 2.24) is 10.6 Å². The van der Waals surface area contributed by atoms with Crippen LogP contribution in [-0.4, -0.2) is 43.4 Å². The normalized spacial score (nSPS) is 9.65. The van der Waals surface area contributed by atoms with E-state index in [1.807, 2.05) is 5.32 Å². The number of rotatable bonds is 7. The van der Waals surface area contributed by atoms with Crippen molar-refractivity contribution in [3.8, 4) is 5.75 Å². The van der Waals surface area contributed by atoms with Crippen LogP contribution in [0.2, 0.25) is 0 Å². The van der Waals surface area contributed by atoms with Crippen LogP contribution in [0.1, 0.15) is 24.2 Å². The van der Waals surface area contributed by atoms with Crippen molar-refractivity contribution in [3.63, 3.8) is 0 Å². The van der Waals surface area contributed by atoms with Crippen molar-refractivity contribution in [1.29, 1.82) is 0 Å². The van der Waals surface area contributed by atoms with Gasteiger partial charge in [0, 0.05) is 12.1 Å². The molecular weight excluding hydrogens is 304 g/mol. The van der Waals surface area contributed by atoms with Gasteiger partial charge in [-0.3, -0.25) is 14.9 Å². The van der Waals surface area contributed by atoms with E-state index >= 15 is 0 Å². The molecular formula is C15H18N2O6. The molecule has 23 heavy (non-hydrogen) atoms. The first kappa shape index (κ1) is 18.1. The van der Waals surface area contributed by atoms with Gasteiger partial charge in [0.05, 0.1) is 0 Å². The summed E-state index contributed by atoms with van der Waals surface area (Å²) in [5.74, 6) is -1.31. The number of esters is 1. The fraction of sp³-hybridized carbons (Fsp3) is 0.333. The molecule has 0 aliphatic rings. The van der Waals surface area contributed by atoms with Gasteiger partial charge in [0.25, 0.3) is 5.91 Å². The summed E-state index contributed by atoms with van der Waals surface area (Å²) in [5.41, 5.74) is 0.456. The molecule has 1 aromatic rings. The summed E-state index contributed by atoms with van der Waals surface area (Å²) < 4.78 is 9.83. The number of carbonyl (C=O) groups excluding carboxylic acids is 4. The standard InChI is InChI=1S/C15H18N2O6/c1-3-16-15(21)17-13(19)8-23-14(20)9-22-12-6-4-5-11(7-12)10(2)18/h4-7H,3,8-9H2,1-2H3,(H2,16,17,19,21). The van der Waals surface area contributed by atoms with Gasteiger partial charge in [0.1, 0.15) is 5.75 Å². The first-order chi connectivity index (χ1) is 10.9. The average molecular weight is 322 g/mol. The van der Waals surface area contributed by atoms with E-state index in [4.69, 9.17) is 4.74 Å². The second-order valence-electron chi connectivity index (χ2n) is 4.44. The van der Waals surface area contributed by atoms with Crippen molar-refractivity contribution in [2.24, 2.45) is 0 Å². The molecule has 0 aliphatic heterocycles. The lowest BCUT2D eigenvalue weighted by molar-refractivity contribution is -0.150. The van der Waals surface area contributed by atoms with E-state index < -0.39 is 31.1 Å². The van der Waals surface area contributed by atoms with Gasteiger partial charge in [-0.05, 0) is 26.0 Å². The number of carbonyl (C=O) groups is 4. The molecule has 0 fully saturated rings. The Morgan fingerprint density at radius 1 is 1.13 bits per heavy atom. The Kier molecular flexibility index (Phi) is 7.25. The van der Waals surface area contributed by atoms with E-state index in [9.17, 15) is 19.2 Å². The molecule has 124 valence electrons. The summed E-state index contributed by atoms with van der Waals surface area (Å²) in [5, 5.41) is 4.35. The predicted molar refractivity (Wildman–Crippen MR) is 80.1 cm³/mol. The Balaban J connectivity index is 2.34. The lowest BCUT2D eigenvalue weighted by atomic mass is 10.1. The molecule has 0 radical (unpaired) electrons.